The molecule has 0 amide bonds. The van der Waals surface area contributed by atoms with Crippen molar-refractivity contribution in [2.75, 3.05) is 0 Å². The van der Waals surface area contributed by atoms with Gasteiger partial charge in [0, 0.05) is 0 Å². The maximum absolute atomic E-state index is 11.4. The smallest absolute Gasteiger partial charge is 0.314 e. The molecule has 6 heteroatoms. The van der Waals surface area contributed by atoms with Crippen LogP contribution in [0.5, 0.6) is 0 Å². The molecule has 0 aliphatic rings. The quantitative estimate of drug-likeness (QED) is 0.565. The van der Waals surface area contributed by atoms with Gasteiger partial charge in [0.15, 0.2) is 0 Å². The fourth-order valence-corrected chi connectivity index (χ4v) is 3.42. The zero-order valence-corrected chi connectivity index (χ0v) is 12.1. The molecule has 0 saturated heterocycles. The average Bonchev–Trinajstić information content (AvgIpc) is 2.85. The van der Waals surface area contributed by atoms with E-state index in [9.17, 15) is 9.59 Å². The monoisotopic (exact) mass is 306 g/mol. The average molecular weight is 307 g/mol. The van der Waals surface area contributed by atoms with Crippen LogP contribution in [0.4, 0.5) is 0 Å². The maximum Gasteiger partial charge on any atom is 0.314 e. The Morgan fingerprint density at radius 1 is 1.10 bits per heavy atom. The van der Waals surface area contributed by atoms with Crippen molar-refractivity contribution in [2.45, 2.75) is 12.3 Å². The second-order valence-electron chi connectivity index (χ2n) is 4.59. The van der Waals surface area contributed by atoms with Crippen LogP contribution < -0.4 is 11.1 Å². The molecular formula is C14H11ClN2O2S. The van der Waals surface area contributed by atoms with E-state index in [-0.39, 0.29) is 5.38 Å². The van der Waals surface area contributed by atoms with Crippen LogP contribution in [0.1, 0.15) is 22.1 Å². The lowest BCUT2D eigenvalue weighted by molar-refractivity contribution is 1.11. The summed E-state index contributed by atoms with van der Waals surface area (Å²) in [4.78, 5) is 27.7. The van der Waals surface area contributed by atoms with Crippen molar-refractivity contribution in [3.63, 3.8) is 0 Å². The number of rotatable bonds is 2. The fourth-order valence-electron chi connectivity index (χ4n) is 2.10. The van der Waals surface area contributed by atoms with Crippen molar-refractivity contribution in [1.82, 2.24) is 9.97 Å². The van der Waals surface area contributed by atoms with Crippen LogP contribution in [0, 0.1) is 6.92 Å². The van der Waals surface area contributed by atoms with Crippen LogP contribution in [-0.4, -0.2) is 9.97 Å². The highest BCUT2D eigenvalue weighted by Crippen LogP contribution is 2.33. The predicted molar refractivity (Wildman–Crippen MR) is 81.9 cm³/mol. The summed E-state index contributed by atoms with van der Waals surface area (Å²) in [6, 6.07) is 5.39. The predicted octanol–water partition coefficient (Wildman–Crippen LogP) is 2.91. The first kappa shape index (κ1) is 13.1. The highest BCUT2D eigenvalue weighted by atomic mass is 35.5. The normalized spacial score (nSPS) is 12.7. The minimum Gasteiger partial charge on any atom is -0.316 e. The topological polar surface area (TPSA) is 65.7 Å². The maximum atomic E-state index is 11.4. The lowest BCUT2D eigenvalue weighted by atomic mass is 10.0. The van der Waals surface area contributed by atoms with Gasteiger partial charge in [-0.1, -0.05) is 6.07 Å². The van der Waals surface area contributed by atoms with Crippen molar-refractivity contribution in [3.8, 4) is 0 Å². The van der Waals surface area contributed by atoms with Gasteiger partial charge in [-0.2, -0.15) is 11.3 Å². The Kier molecular flexibility index (Phi) is 3.23. The summed E-state index contributed by atoms with van der Waals surface area (Å²) >= 11 is 8.10. The molecule has 0 radical (unpaired) electrons. The largest absolute Gasteiger partial charge is 0.316 e. The summed E-state index contributed by atoms with van der Waals surface area (Å²) < 4.78 is 0. The fraction of sp³-hybridized carbons (Fsp3) is 0.143. The molecule has 1 aromatic carbocycles. The molecule has 3 rings (SSSR count). The molecule has 102 valence electrons. The molecule has 20 heavy (non-hydrogen) atoms. The Morgan fingerprint density at radius 2 is 1.80 bits per heavy atom. The van der Waals surface area contributed by atoms with Crippen LogP contribution >= 0.6 is 22.9 Å². The minimum atomic E-state index is -0.660. The molecule has 0 spiro atoms. The number of alkyl halides is 1. The van der Waals surface area contributed by atoms with Crippen molar-refractivity contribution in [2.24, 2.45) is 0 Å². The number of thiophene rings is 1. The van der Waals surface area contributed by atoms with Crippen molar-refractivity contribution < 1.29 is 0 Å². The lowest BCUT2D eigenvalue weighted by Crippen LogP contribution is -2.28. The first-order valence-electron chi connectivity index (χ1n) is 5.99. The number of H-pyrrole nitrogens is 2. The third-order valence-electron chi connectivity index (χ3n) is 3.21. The Labute approximate surface area is 123 Å². The van der Waals surface area contributed by atoms with Crippen LogP contribution in [-0.2, 0) is 0 Å². The van der Waals surface area contributed by atoms with E-state index in [1.165, 1.54) is 0 Å². The van der Waals surface area contributed by atoms with Crippen LogP contribution in [0.2, 0.25) is 0 Å². The SMILES string of the molecule is Cc1cscc1C(Cl)c1ccc2[nH]c(=O)c(=O)[nH]c2c1. The van der Waals surface area contributed by atoms with E-state index in [0.29, 0.717) is 11.0 Å². The number of benzene rings is 1. The van der Waals surface area contributed by atoms with E-state index in [0.717, 1.165) is 16.7 Å². The number of hydrogen-bond acceptors (Lipinski definition) is 3. The lowest BCUT2D eigenvalue weighted by Gasteiger charge is -2.10. The zero-order valence-electron chi connectivity index (χ0n) is 10.6. The molecule has 0 saturated carbocycles. The Hall–Kier alpha value is -1.85. The first-order valence-corrected chi connectivity index (χ1v) is 7.37. The number of fused-ring (bicyclic) bond motifs is 1. The minimum absolute atomic E-state index is 0.277. The molecule has 1 unspecified atom stereocenters. The summed E-state index contributed by atoms with van der Waals surface area (Å²) in [6.45, 7) is 2.02. The van der Waals surface area contributed by atoms with Crippen molar-refractivity contribution in [3.05, 3.63) is 66.4 Å². The molecule has 0 aliphatic carbocycles. The van der Waals surface area contributed by atoms with E-state index in [4.69, 9.17) is 11.6 Å². The molecule has 4 nitrogen and oxygen atoms in total. The van der Waals surface area contributed by atoms with E-state index in [1.54, 1.807) is 23.5 Å². The number of aromatic amines is 2. The molecule has 0 fully saturated rings. The standard InChI is InChI=1S/C14H11ClN2O2S/c1-7-5-20-6-9(7)12(15)8-2-3-10-11(4-8)17-14(19)13(18)16-10/h2-6,12H,1H3,(H,16,18)(H,17,19). The molecule has 2 N–H and O–H groups in total. The molecular weight excluding hydrogens is 296 g/mol. The van der Waals surface area contributed by atoms with Gasteiger partial charge in [-0.15, -0.1) is 11.6 Å². The summed E-state index contributed by atoms with van der Waals surface area (Å²) in [7, 11) is 0. The second kappa shape index (κ2) is 4.92. The van der Waals surface area contributed by atoms with E-state index in [2.05, 4.69) is 9.97 Å². The highest BCUT2D eigenvalue weighted by Gasteiger charge is 2.14. The van der Waals surface area contributed by atoms with Crippen LogP contribution in [0.15, 0.2) is 38.5 Å². The molecule has 1 atom stereocenters. The summed E-state index contributed by atoms with van der Waals surface area (Å²) in [5, 5.41) is 3.79. The summed E-state index contributed by atoms with van der Waals surface area (Å²) in [5.41, 5.74) is 2.93. The van der Waals surface area contributed by atoms with Crippen LogP contribution in [0.25, 0.3) is 11.0 Å². The Bertz CT molecular complexity index is 894. The molecule has 2 aromatic heterocycles. The highest BCUT2D eigenvalue weighted by molar-refractivity contribution is 7.08. The summed E-state index contributed by atoms with van der Waals surface area (Å²) in [6.07, 6.45) is 0. The first-order chi connectivity index (χ1) is 9.56. The van der Waals surface area contributed by atoms with E-state index >= 15 is 0 Å². The number of nitrogens with one attached hydrogen (secondary N) is 2. The number of aryl methyl sites for hydroxylation is 1. The van der Waals surface area contributed by atoms with Gasteiger partial charge in [-0.05, 0) is 46.5 Å². The number of aromatic nitrogens is 2. The Balaban J connectivity index is 2.14. The molecule has 0 aliphatic heterocycles. The summed E-state index contributed by atoms with van der Waals surface area (Å²) in [5.74, 6) is 0. The number of hydrogen-bond donors (Lipinski definition) is 2. The van der Waals surface area contributed by atoms with Gasteiger partial charge in [0.1, 0.15) is 0 Å². The van der Waals surface area contributed by atoms with E-state index < -0.39 is 11.1 Å². The van der Waals surface area contributed by atoms with Crippen molar-refractivity contribution >= 4 is 34.0 Å². The Morgan fingerprint density at radius 3 is 2.45 bits per heavy atom. The van der Waals surface area contributed by atoms with Crippen LogP contribution in [0.3, 0.4) is 0 Å². The van der Waals surface area contributed by atoms with Gasteiger partial charge in [0.2, 0.25) is 0 Å². The van der Waals surface area contributed by atoms with Gasteiger partial charge in [-0.3, -0.25) is 9.59 Å². The van der Waals surface area contributed by atoms with Gasteiger partial charge < -0.3 is 9.97 Å². The molecule has 3 aromatic rings. The van der Waals surface area contributed by atoms with Crippen molar-refractivity contribution in [1.29, 1.82) is 0 Å². The molecule has 2 heterocycles. The van der Waals surface area contributed by atoms with Gasteiger partial charge in [-0.25, -0.2) is 0 Å². The van der Waals surface area contributed by atoms with Gasteiger partial charge in [0.05, 0.1) is 16.4 Å². The van der Waals surface area contributed by atoms with Gasteiger partial charge in [0.25, 0.3) is 0 Å². The second-order valence-corrected chi connectivity index (χ2v) is 5.77. The molecule has 0 bridgehead atoms. The zero-order chi connectivity index (χ0) is 14.3. The number of halogens is 1. The third-order valence-corrected chi connectivity index (χ3v) is 4.57. The third kappa shape index (κ3) is 2.19. The van der Waals surface area contributed by atoms with E-state index in [1.807, 2.05) is 23.8 Å². The van der Waals surface area contributed by atoms with Gasteiger partial charge >= 0.3 is 11.1 Å².